The van der Waals surface area contributed by atoms with Crippen LogP contribution in [0.5, 0.6) is 0 Å². The van der Waals surface area contributed by atoms with Crippen LogP contribution in [-0.2, 0) is 9.59 Å². The zero-order chi connectivity index (χ0) is 17.4. The van der Waals surface area contributed by atoms with Crippen LogP contribution in [0.15, 0.2) is 24.5 Å². The van der Waals surface area contributed by atoms with E-state index in [1.165, 1.54) is 0 Å². The molecule has 3 fully saturated rings. The first kappa shape index (κ1) is 16.1. The summed E-state index contributed by atoms with van der Waals surface area (Å²) in [5.41, 5.74) is 0.573. The van der Waals surface area contributed by atoms with E-state index in [-0.39, 0.29) is 23.6 Å². The summed E-state index contributed by atoms with van der Waals surface area (Å²) < 4.78 is 0. The Labute approximate surface area is 146 Å². The summed E-state index contributed by atoms with van der Waals surface area (Å²) in [6, 6.07) is 3.87. The summed E-state index contributed by atoms with van der Waals surface area (Å²) in [7, 11) is 0. The lowest BCUT2D eigenvalue weighted by Crippen LogP contribution is -2.52. The maximum atomic E-state index is 12.7. The van der Waals surface area contributed by atoms with Gasteiger partial charge in [-0.2, -0.15) is 0 Å². The average molecular weight is 342 g/mol. The standard InChI is InChI=1S/C18H22N4O3/c23-16-10-14(12-22(16)15-3-4-15)18(25)21-8-6-20(7-9-21)17(24)13-2-1-5-19-11-13/h1-2,5,11,14-15H,3-4,6-10,12H2. The van der Waals surface area contributed by atoms with Gasteiger partial charge < -0.3 is 14.7 Å². The quantitative estimate of drug-likeness (QED) is 0.796. The maximum Gasteiger partial charge on any atom is 0.255 e. The molecule has 0 aromatic carbocycles. The zero-order valence-corrected chi connectivity index (χ0v) is 14.1. The molecule has 0 N–H and O–H groups in total. The molecular formula is C18H22N4O3. The molecule has 0 spiro atoms. The van der Waals surface area contributed by atoms with Crippen molar-refractivity contribution in [1.29, 1.82) is 0 Å². The van der Waals surface area contributed by atoms with Crippen LogP contribution in [0.1, 0.15) is 29.6 Å². The van der Waals surface area contributed by atoms with Crippen LogP contribution in [0.25, 0.3) is 0 Å². The molecule has 1 aromatic rings. The van der Waals surface area contributed by atoms with E-state index < -0.39 is 0 Å². The Bertz CT molecular complexity index is 681. The van der Waals surface area contributed by atoms with E-state index >= 15 is 0 Å². The Kier molecular flexibility index (Phi) is 4.15. The largest absolute Gasteiger partial charge is 0.339 e. The van der Waals surface area contributed by atoms with E-state index in [4.69, 9.17) is 0 Å². The molecule has 1 aliphatic carbocycles. The van der Waals surface area contributed by atoms with Crippen LogP contribution in [-0.4, -0.2) is 76.2 Å². The molecule has 3 heterocycles. The Balaban J connectivity index is 1.32. The first-order valence-electron chi connectivity index (χ1n) is 8.91. The van der Waals surface area contributed by atoms with E-state index in [1.54, 1.807) is 34.3 Å². The molecule has 3 amide bonds. The molecule has 4 rings (SSSR count). The fourth-order valence-corrected chi connectivity index (χ4v) is 3.70. The van der Waals surface area contributed by atoms with Crippen molar-refractivity contribution in [2.75, 3.05) is 32.7 Å². The molecule has 0 bridgehead atoms. The third-order valence-electron chi connectivity index (χ3n) is 5.28. The highest BCUT2D eigenvalue weighted by atomic mass is 16.2. The average Bonchev–Trinajstić information content (AvgIpc) is 3.43. The lowest BCUT2D eigenvalue weighted by atomic mass is 10.1. The Hall–Kier alpha value is -2.44. The van der Waals surface area contributed by atoms with Gasteiger partial charge in [0.15, 0.2) is 0 Å². The highest BCUT2D eigenvalue weighted by Gasteiger charge is 2.43. The molecule has 7 heteroatoms. The second kappa shape index (κ2) is 6.46. The normalized spacial score (nSPS) is 23.9. The number of piperazine rings is 1. The van der Waals surface area contributed by atoms with Gasteiger partial charge in [0.1, 0.15) is 0 Å². The topological polar surface area (TPSA) is 73.8 Å². The number of carbonyl (C=O) groups excluding carboxylic acids is 3. The minimum absolute atomic E-state index is 0.0452. The predicted octanol–water partition coefficient (Wildman–Crippen LogP) is 0.377. The summed E-state index contributed by atoms with van der Waals surface area (Å²) in [5.74, 6) is -0.0824. The summed E-state index contributed by atoms with van der Waals surface area (Å²) in [5, 5.41) is 0. The number of amides is 3. The Morgan fingerprint density at radius 2 is 1.80 bits per heavy atom. The van der Waals surface area contributed by atoms with Crippen molar-refractivity contribution in [3.05, 3.63) is 30.1 Å². The fraction of sp³-hybridized carbons (Fsp3) is 0.556. The van der Waals surface area contributed by atoms with Crippen molar-refractivity contribution < 1.29 is 14.4 Å². The second-order valence-corrected chi connectivity index (χ2v) is 7.04. The summed E-state index contributed by atoms with van der Waals surface area (Å²) in [6.07, 6.45) is 5.69. The Morgan fingerprint density at radius 3 is 2.44 bits per heavy atom. The van der Waals surface area contributed by atoms with Crippen molar-refractivity contribution in [1.82, 2.24) is 19.7 Å². The van der Waals surface area contributed by atoms with Crippen LogP contribution in [0, 0.1) is 5.92 Å². The number of rotatable bonds is 3. The Morgan fingerprint density at radius 1 is 1.08 bits per heavy atom. The number of carbonyl (C=O) groups is 3. The van der Waals surface area contributed by atoms with Crippen LogP contribution < -0.4 is 0 Å². The van der Waals surface area contributed by atoms with Gasteiger partial charge >= 0.3 is 0 Å². The van der Waals surface area contributed by atoms with E-state index in [2.05, 4.69) is 4.98 Å². The molecule has 1 aromatic heterocycles. The number of hydrogen-bond donors (Lipinski definition) is 0. The van der Waals surface area contributed by atoms with Gasteiger partial charge in [0.05, 0.1) is 11.5 Å². The fourth-order valence-electron chi connectivity index (χ4n) is 3.70. The number of aromatic nitrogens is 1. The summed E-state index contributed by atoms with van der Waals surface area (Å²) in [6.45, 7) is 2.66. The first-order chi connectivity index (χ1) is 12.1. The minimum atomic E-state index is -0.214. The molecule has 7 nitrogen and oxygen atoms in total. The van der Waals surface area contributed by atoms with Crippen molar-refractivity contribution in [3.8, 4) is 0 Å². The molecule has 2 saturated heterocycles. The predicted molar refractivity (Wildman–Crippen MR) is 89.6 cm³/mol. The third kappa shape index (κ3) is 3.23. The molecule has 2 aliphatic heterocycles. The molecule has 25 heavy (non-hydrogen) atoms. The van der Waals surface area contributed by atoms with Crippen molar-refractivity contribution >= 4 is 17.7 Å². The van der Waals surface area contributed by atoms with Gasteiger partial charge in [-0.15, -0.1) is 0 Å². The van der Waals surface area contributed by atoms with Gasteiger partial charge in [0.25, 0.3) is 5.91 Å². The second-order valence-electron chi connectivity index (χ2n) is 7.04. The number of nitrogens with zero attached hydrogens (tertiary/aromatic N) is 4. The maximum absolute atomic E-state index is 12.7. The van der Waals surface area contributed by atoms with Crippen molar-refractivity contribution in [3.63, 3.8) is 0 Å². The molecule has 3 aliphatic rings. The van der Waals surface area contributed by atoms with Crippen LogP contribution >= 0.6 is 0 Å². The first-order valence-corrected chi connectivity index (χ1v) is 8.91. The van der Waals surface area contributed by atoms with Crippen LogP contribution in [0.3, 0.4) is 0 Å². The van der Waals surface area contributed by atoms with E-state index in [9.17, 15) is 14.4 Å². The van der Waals surface area contributed by atoms with Crippen LogP contribution in [0.4, 0.5) is 0 Å². The number of hydrogen-bond acceptors (Lipinski definition) is 4. The van der Waals surface area contributed by atoms with Crippen molar-refractivity contribution in [2.24, 2.45) is 5.92 Å². The smallest absolute Gasteiger partial charge is 0.255 e. The monoisotopic (exact) mass is 342 g/mol. The molecule has 1 atom stereocenters. The van der Waals surface area contributed by atoms with E-state index in [0.29, 0.717) is 50.7 Å². The molecule has 1 saturated carbocycles. The molecular weight excluding hydrogens is 320 g/mol. The molecule has 0 radical (unpaired) electrons. The van der Waals surface area contributed by atoms with Crippen molar-refractivity contribution in [2.45, 2.75) is 25.3 Å². The van der Waals surface area contributed by atoms with Gasteiger partial charge in [-0.05, 0) is 25.0 Å². The van der Waals surface area contributed by atoms with Gasteiger partial charge in [-0.1, -0.05) is 0 Å². The number of likely N-dealkylation sites (tertiary alicyclic amines) is 1. The van der Waals surface area contributed by atoms with Gasteiger partial charge in [0, 0.05) is 57.6 Å². The highest BCUT2D eigenvalue weighted by molar-refractivity contribution is 5.94. The SMILES string of the molecule is O=C(c1cccnc1)N1CCN(C(=O)C2CC(=O)N(C3CC3)C2)CC1. The van der Waals surface area contributed by atoms with Gasteiger partial charge in [-0.3, -0.25) is 19.4 Å². The van der Waals surface area contributed by atoms with E-state index in [0.717, 1.165) is 12.8 Å². The lowest BCUT2D eigenvalue weighted by Gasteiger charge is -2.35. The highest BCUT2D eigenvalue weighted by Crippen LogP contribution is 2.33. The summed E-state index contributed by atoms with van der Waals surface area (Å²) >= 11 is 0. The third-order valence-corrected chi connectivity index (χ3v) is 5.28. The van der Waals surface area contributed by atoms with Gasteiger partial charge in [0.2, 0.25) is 11.8 Å². The van der Waals surface area contributed by atoms with Crippen LogP contribution in [0.2, 0.25) is 0 Å². The minimum Gasteiger partial charge on any atom is -0.339 e. The van der Waals surface area contributed by atoms with Gasteiger partial charge in [-0.25, -0.2) is 0 Å². The van der Waals surface area contributed by atoms with E-state index in [1.807, 2.05) is 4.90 Å². The molecule has 1 unspecified atom stereocenters. The summed E-state index contributed by atoms with van der Waals surface area (Å²) in [4.78, 5) is 46.6. The number of pyridine rings is 1. The lowest BCUT2D eigenvalue weighted by molar-refractivity contribution is -0.137. The zero-order valence-electron chi connectivity index (χ0n) is 14.1. The molecule has 132 valence electrons.